The van der Waals surface area contributed by atoms with E-state index in [2.05, 4.69) is 5.32 Å². The van der Waals surface area contributed by atoms with Crippen LogP contribution in [0.3, 0.4) is 0 Å². The first kappa shape index (κ1) is 20.7. The molecule has 0 heterocycles. The predicted octanol–water partition coefficient (Wildman–Crippen LogP) is 2.52. The van der Waals surface area contributed by atoms with Crippen LogP contribution < -0.4 is 5.32 Å². The standard InChI is InChI=1S/C19H28N2O4/c1-13(2)12-21(10-9-19(24)25)18(23)11-17(20-15(4)22)16-7-5-14(3)6-8-16/h5-8,13,17H,9-12H2,1-4H3,(H,20,22)(H,24,25). The Morgan fingerprint density at radius 2 is 1.76 bits per heavy atom. The number of hydrogen-bond donors (Lipinski definition) is 2. The van der Waals surface area contributed by atoms with Gasteiger partial charge in [0.1, 0.15) is 0 Å². The average molecular weight is 348 g/mol. The van der Waals surface area contributed by atoms with Gasteiger partial charge in [-0.2, -0.15) is 0 Å². The van der Waals surface area contributed by atoms with Gasteiger partial charge in [-0.05, 0) is 18.4 Å². The smallest absolute Gasteiger partial charge is 0.305 e. The molecule has 0 aromatic heterocycles. The summed E-state index contributed by atoms with van der Waals surface area (Å²) >= 11 is 0. The van der Waals surface area contributed by atoms with Gasteiger partial charge in [0.25, 0.3) is 0 Å². The molecule has 1 aromatic carbocycles. The number of rotatable bonds is 9. The Bertz CT molecular complexity index is 596. The monoisotopic (exact) mass is 348 g/mol. The van der Waals surface area contributed by atoms with E-state index in [1.807, 2.05) is 45.0 Å². The number of carbonyl (C=O) groups is 3. The van der Waals surface area contributed by atoms with Crippen LogP contribution in [0.15, 0.2) is 24.3 Å². The summed E-state index contributed by atoms with van der Waals surface area (Å²) < 4.78 is 0. The van der Waals surface area contributed by atoms with E-state index in [4.69, 9.17) is 5.11 Å². The van der Waals surface area contributed by atoms with E-state index in [0.717, 1.165) is 11.1 Å². The number of amides is 2. The molecule has 6 heteroatoms. The Morgan fingerprint density at radius 1 is 1.16 bits per heavy atom. The van der Waals surface area contributed by atoms with E-state index in [9.17, 15) is 14.4 Å². The molecular formula is C19H28N2O4. The van der Waals surface area contributed by atoms with Crippen molar-refractivity contribution in [3.8, 4) is 0 Å². The number of benzene rings is 1. The Kier molecular flexibility index (Phi) is 8.11. The number of aryl methyl sites for hydroxylation is 1. The molecule has 0 bridgehead atoms. The van der Waals surface area contributed by atoms with Crippen molar-refractivity contribution in [2.75, 3.05) is 13.1 Å². The number of carbonyl (C=O) groups excluding carboxylic acids is 2. The molecule has 2 N–H and O–H groups in total. The predicted molar refractivity (Wildman–Crippen MR) is 96.0 cm³/mol. The molecule has 1 rings (SSSR count). The Labute approximate surface area is 149 Å². The quantitative estimate of drug-likeness (QED) is 0.718. The van der Waals surface area contributed by atoms with Crippen LogP contribution in [0.2, 0.25) is 0 Å². The molecule has 1 aromatic rings. The van der Waals surface area contributed by atoms with Gasteiger partial charge >= 0.3 is 5.97 Å². The number of aliphatic carboxylic acids is 1. The highest BCUT2D eigenvalue weighted by Gasteiger charge is 2.22. The molecule has 6 nitrogen and oxygen atoms in total. The van der Waals surface area contributed by atoms with E-state index in [1.165, 1.54) is 6.92 Å². The van der Waals surface area contributed by atoms with Crippen LogP contribution in [-0.4, -0.2) is 40.9 Å². The van der Waals surface area contributed by atoms with Gasteiger partial charge in [0, 0.05) is 20.0 Å². The summed E-state index contributed by atoms with van der Waals surface area (Å²) in [5, 5.41) is 11.7. The molecule has 25 heavy (non-hydrogen) atoms. The maximum atomic E-state index is 12.7. The minimum atomic E-state index is -0.932. The first-order valence-corrected chi connectivity index (χ1v) is 8.52. The number of carboxylic acid groups (broad SMARTS) is 1. The molecule has 0 aliphatic carbocycles. The third-order valence-electron chi connectivity index (χ3n) is 3.77. The fourth-order valence-corrected chi connectivity index (χ4v) is 2.59. The second kappa shape index (κ2) is 9.81. The zero-order valence-electron chi connectivity index (χ0n) is 15.4. The minimum Gasteiger partial charge on any atom is -0.481 e. The molecular weight excluding hydrogens is 320 g/mol. The summed E-state index contributed by atoms with van der Waals surface area (Å²) in [7, 11) is 0. The Hall–Kier alpha value is -2.37. The van der Waals surface area contributed by atoms with Crippen molar-refractivity contribution < 1.29 is 19.5 Å². The highest BCUT2D eigenvalue weighted by molar-refractivity contribution is 5.79. The number of nitrogens with one attached hydrogen (secondary N) is 1. The summed E-state index contributed by atoms with van der Waals surface area (Å²) in [4.78, 5) is 36.6. The topological polar surface area (TPSA) is 86.7 Å². The molecule has 1 atom stereocenters. The molecule has 0 saturated carbocycles. The molecule has 0 fully saturated rings. The third-order valence-corrected chi connectivity index (χ3v) is 3.77. The van der Waals surface area contributed by atoms with Crippen LogP contribution >= 0.6 is 0 Å². The molecule has 0 radical (unpaired) electrons. The van der Waals surface area contributed by atoms with Gasteiger partial charge in [-0.3, -0.25) is 14.4 Å². The van der Waals surface area contributed by atoms with Crippen molar-refractivity contribution in [2.45, 2.75) is 46.6 Å². The molecule has 2 amide bonds. The third kappa shape index (κ3) is 7.83. The molecule has 0 aliphatic rings. The summed E-state index contributed by atoms with van der Waals surface area (Å²) in [6.45, 7) is 8.01. The Morgan fingerprint density at radius 3 is 2.24 bits per heavy atom. The van der Waals surface area contributed by atoms with Gasteiger partial charge in [-0.15, -0.1) is 0 Å². The number of hydrogen-bond acceptors (Lipinski definition) is 3. The summed E-state index contributed by atoms with van der Waals surface area (Å²) in [6.07, 6.45) is 0.0166. The lowest BCUT2D eigenvalue weighted by Crippen LogP contribution is -2.39. The van der Waals surface area contributed by atoms with Gasteiger partial charge in [0.15, 0.2) is 0 Å². The summed E-state index contributed by atoms with van der Waals surface area (Å²) in [5.74, 6) is -1.07. The van der Waals surface area contributed by atoms with E-state index < -0.39 is 12.0 Å². The molecule has 0 saturated heterocycles. The van der Waals surface area contributed by atoms with Gasteiger partial charge < -0.3 is 15.3 Å². The van der Waals surface area contributed by atoms with E-state index in [1.54, 1.807) is 4.90 Å². The van der Waals surface area contributed by atoms with Crippen LogP contribution in [0.5, 0.6) is 0 Å². The largest absolute Gasteiger partial charge is 0.481 e. The lowest BCUT2D eigenvalue weighted by atomic mass is 10.0. The summed E-state index contributed by atoms with van der Waals surface area (Å²) in [5.41, 5.74) is 1.96. The highest BCUT2D eigenvalue weighted by atomic mass is 16.4. The summed E-state index contributed by atoms with van der Waals surface area (Å²) in [6, 6.07) is 7.24. The van der Waals surface area contributed by atoms with Gasteiger partial charge in [0.05, 0.1) is 18.9 Å². The highest BCUT2D eigenvalue weighted by Crippen LogP contribution is 2.19. The van der Waals surface area contributed by atoms with Crippen molar-refractivity contribution in [1.29, 1.82) is 0 Å². The van der Waals surface area contributed by atoms with E-state index in [-0.39, 0.29) is 37.1 Å². The fourth-order valence-electron chi connectivity index (χ4n) is 2.59. The maximum Gasteiger partial charge on any atom is 0.305 e. The number of nitrogens with zero attached hydrogens (tertiary/aromatic N) is 1. The zero-order chi connectivity index (χ0) is 19.0. The van der Waals surface area contributed by atoms with E-state index in [0.29, 0.717) is 6.54 Å². The van der Waals surface area contributed by atoms with Crippen LogP contribution in [0.1, 0.15) is 50.8 Å². The molecule has 0 spiro atoms. The van der Waals surface area contributed by atoms with Crippen LogP contribution in [0.4, 0.5) is 0 Å². The van der Waals surface area contributed by atoms with Gasteiger partial charge in [-0.25, -0.2) is 0 Å². The van der Waals surface area contributed by atoms with Crippen molar-refractivity contribution in [2.24, 2.45) is 5.92 Å². The number of carboxylic acids is 1. The van der Waals surface area contributed by atoms with Crippen LogP contribution in [0.25, 0.3) is 0 Å². The second-order valence-corrected chi connectivity index (χ2v) is 6.75. The average Bonchev–Trinajstić information content (AvgIpc) is 2.50. The molecule has 0 aliphatic heterocycles. The van der Waals surface area contributed by atoms with Crippen molar-refractivity contribution in [1.82, 2.24) is 10.2 Å². The SMILES string of the molecule is CC(=O)NC(CC(=O)N(CCC(=O)O)CC(C)C)c1ccc(C)cc1. The fraction of sp³-hybridized carbons (Fsp3) is 0.526. The van der Waals surface area contributed by atoms with Crippen molar-refractivity contribution >= 4 is 17.8 Å². The van der Waals surface area contributed by atoms with Gasteiger partial charge in [-0.1, -0.05) is 43.7 Å². The van der Waals surface area contributed by atoms with Crippen molar-refractivity contribution in [3.63, 3.8) is 0 Å². The minimum absolute atomic E-state index is 0.0895. The van der Waals surface area contributed by atoms with E-state index >= 15 is 0 Å². The second-order valence-electron chi connectivity index (χ2n) is 6.75. The first-order valence-electron chi connectivity index (χ1n) is 8.52. The molecule has 1 unspecified atom stereocenters. The molecule has 138 valence electrons. The van der Waals surface area contributed by atoms with Gasteiger partial charge in [0.2, 0.25) is 11.8 Å². The first-order chi connectivity index (χ1) is 11.7. The maximum absolute atomic E-state index is 12.7. The lowest BCUT2D eigenvalue weighted by Gasteiger charge is -2.27. The lowest BCUT2D eigenvalue weighted by molar-refractivity contribution is -0.138. The van der Waals surface area contributed by atoms with Crippen LogP contribution in [0, 0.1) is 12.8 Å². The zero-order valence-corrected chi connectivity index (χ0v) is 15.4. The Balaban J connectivity index is 2.90. The van der Waals surface area contributed by atoms with Crippen LogP contribution in [-0.2, 0) is 14.4 Å². The normalized spacial score (nSPS) is 11.9. The van der Waals surface area contributed by atoms with Crippen molar-refractivity contribution in [3.05, 3.63) is 35.4 Å².